The van der Waals surface area contributed by atoms with Crippen LogP contribution in [-0.4, -0.2) is 22.7 Å². The molecule has 0 saturated heterocycles. The topological polar surface area (TPSA) is 38.1 Å². The lowest BCUT2D eigenvalue weighted by Crippen LogP contribution is -2.42. The van der Waals surface area contributed by atoms with Gasteiger partial charge in [-0.15, -0.1) is 0 Å². The average Bonchev–Trinajstić information content (AvgIpc) is 2.55. The Bertz CT molecular complexity index is 636. The Labute approximate surface area is 132 Å². The molecule has 0 aliphatic heterocycles. The van der Waals surface area contributed by atoms with Crippen LogP contribution in [-0.2, 0) is 0 Å². The van der Waals surface area contributed by atoms with Crippen LogP contribution >= 0.6 is 0 Å². The summed E-state index contributed by atoms with van der Waals surface area (Å²) in [6.07, 6.45) is 9.29. The summed E-state index contributed by atoms with van der Waals surface area (Å²) < 4.78 is 1.74. The molecule has 4 nitrogen and oxygen atoms in total. The zero-order valence-corrected chi connectivity index (χ0v) is 13.8. The van der Waals surface area contributed by atoms with Gasteiger partial charge in [0, 0.05) is 30.7 Å². The van der Waals surface area contributed by atoms with Crippen LogP contribution in [0.5, 0.6) is 0 Å². The van der Waals surface area contributed by atoms with Gasteiger partial charge in [0.25, 0.3) is 5.56 Å². The molecule has 0 N–H and O–H groups in total. The summed E-state index contributed by atoms with van der Waals surface area (Å²) in [6, 6.07) is 7.38. The number of nitrogens with zero attached hydrogens (tertiary/aromatic N) is 3. The van der Waals surface area contributed by atoms with E-state index in [0.29, 0.717) is 0 Å². The highest BCUT2D eigenvalue weighted by molar-refractivity contribution is 5.74. The lowest BCUT2D eigenvalue weighted by Gasteiger charge is -2.25. The lowest BCUT2D eigenvalue weighted by atomic mass is 10.1. The third kappa shape index (κ3) is 4.09. The molecule has 0 saturated carbocycles. The molecule has 0 aromatic carbocycles. The van der Waals surface area contributed by atoms with Crippen LogP contribution in [0.1, 0.15) is 52.4 Å². The van der Waals surface area contributed by atoms with E-state index in [0.717, 1.165) is 30.5 Å². The highest BCUT2D eigenvalue weighted by Gasteiger charge is 2.10. The van der Waals surface area contributed by atoms with Gasteiger partial charge in [0.05, 0.1) is 0 Å². The average molecular weight is 301 g/mol. The number of aromatic nitrogens is 2. The molecule has 2 heterocycles. The van der Waals surface area contributed by atoms with Gasteiger partial charge in [-0.2, -0.15) is 0 Å². The van der Waals surface area contributed by atoms with Crippen LogP contribution in [0.25, 0.3) is 11.0 Å². The van der Waals surface area contributed by atoms with Gasteiger partial charge in [-0.05, 0) is 31.5 Å². The van der Waals surface area contributed by atoms with E-state index >= 15 is 0 Å². The Kier molecular flexibility index (Phi) is 6.44. The van der Waals surface area contributed by atoms with Gasteiger partial charge >= 0.3 is 0 Å². The predicted octanol–water partition coefficient (Wildman–Crippen LogP) is 3.71. The number of pyridine rings is 2. The molecule has 0 bridgehead atoms. The molecule has 120 valence electrons. The maximum atomic E-state index is 12.3. The Morgan fingerprint density at radius 3 is 2.59 bits per heavy atom. The molecule has 2 rings (SSSR count). The molecule has 0 radical (unpaired) electrons. The van der Waals surface area contributed by atoms with Crippen LogP contribution in [0, 0.1) is 0 Å². The van der Waals surface area contributed by atoms with Crippen molar-refractivity contribution in [1.82, 2.24) is 9.66 Å². The first-order valence-corrected chi connectivity index (χ1v) is 8.50. The molecular weight excluding hydrogens is 274 g/mol. The van der Waals surface area contributed by atoms with Crippen LogP contribution in [0.2, 0.25) is 0 Å². The van der Waals surface area contributed by atoms with Crippen molar-refractivity contribution in [2.24, 2.45) is 0 Å². The predicted molar refractivity (Wildman–Crippen MR) is 93.0 cm³/mol. The minimum Gasteiger partial charge on any atom is -0.308 e. The second kappa shape index (κ2) is 8.57. The molecule has 0 fully saturated rings. The number of fused-ring (bicyclic) bond motifs is 1. The second-order valence-corrected chi connectivity index (χ2v) is 5.71. The molecule has 0 aliphatic rings. The van der Waals surface area contributed by atoms with Gasteiger partial charge in [0.2, 0.25) is 0 Å². The molecule has 0 spiro atoms. The molecule has 2 aromatic heterocycles. The number of unbranched alkanes of at least 4 members (excludes halogenated alkanes) is 5. The SMILES string of the molecule is CCCCCCCCN(CC)n1c(=O)ccc2cccnc21. The van der Waals surface area contributed by atoms with Gasteiger partial charge in [-0.25, -0.2) is 9.66 Å². The minimum absolute atomic E-state index is 0.000895. The fourth-order valence-electron chi connectivity index (χ4n) is 2.80. The van der Waals surface area contributed by atoms with E-state index in [1.165, 1.54) is 32.1 Å². The molecule has 2 aromatic rings. The Balaban J connectivity index is 2.07. The monoisotopic (exact) mass is 301 g/mol. The van der Waals surface area contributed by atoms with Gasteiger partial charge in [0.1, 0.15) is 0 Å². The van der Waals surface area contributed by atoms with Crippen molar-refractivity contribution >= 4 is 11.0 Å². The van der Waals surface area contributed by atoms with Crippen molar-refractivity contribution in [1.29, 1.82) is 0 Å². The maximum Gasteiger partial charge on any atom is 0.270 e. The van der Waals surface area contributed by atoms with Gasteiger partial charge in [0.15, 0.2) is 5.65 Å². The van der Waals surface area contributed by atoms with Gasteiger partial charge in [-0.1, -0.05) is 39.0 Å². The van der Waals surface area contributed by atoms with E-state index in [1.807, 2.05) is 18.2 Å². The van der Waals surface area contributed by atoms with Crippen LogP contribution in [0.4, 0.5) is 0 Å². The van der Waals surface area contributed by atoms with E-state index in [4.69, 9.17) is 0 Å². The third-order valence-corrected chi connectivity index (χ3v) is 4.05. The molecule has 22 heavy (non-hydrogen) atoms. The first kappa shape index (κ1) is 16.5. The summed E-state index contributed by atoms with van der Waals surface area (Å²) in [4.78, 5) is 16.7. The van der Waals surface area contributed by atoms with E-state index in [-0.39, 0.29) is 5.56 Å². The van der Waals surface area contributed by atoms with Crippen molar-refractivity contribution in [2.45, 2.75) is 52.4 Å². The van der Waals surface area contributed by atoms with Crippen molar-refractivity contribution < 1.29 is 0 Å². The normalized spacial score (nSPS) is 11.0. The Morgan fingerprint density at radius 2 is 1.82 bits per heavy atom. The largest absolute Gasteiger partial charge is 0.308 e. The van der Waals surface area contributed by atoms with Crippen molar-refractivity contribution in [3.63, 3.8) is 0 Å². The summed E-state index contributed by atoms with van der Waals surface area (Å²) in [5.74, 6) is 0. The lowest BCUT2D eigenvalue weighted by molar-refractivity contribution is 0.541. The van der Waals surface area contributed by atoms with Gasteiger partial charge in [-0.3, -0.25) is 4.79 Å². The molecule has 4 heteroatoms. The second-order valence-electron chi connectivity index (χ2n) is 5.71. The molecule has 0 atom stereocenters. The van der Waals surface area contributed by atoms with Crippen molar-refractivity contribution in [2.75, 3.05) is 18.1 Å². The first-order valence-electron chi connectivity index (χ1n) is 8.50. The quantitative estimate of drug-likeness (QED) is 0.663. The summed E-state index contributed by atoms with van der Waals surface area (Å²) in [7, 11) is 0. The van der Waals surface area contributed by atoms with E-state index in [1.54, 1.807) is 16.9 Å². The van der Waals surface area contributed by atoms with Gasteiger partial charge < -0.3 is 5.01 Å². The van der Waals surface area contributed by atoms with Crippen molar-refractivity contribution in [3.05, 3.63) is 40.8 Å². The first-order chi connectivity index (χ1) is 10.8. The summed E-state index contributed by atoms with van der Waals surface area (Å²) in [5.41, 5.74) is 0.752. The number of rotatable bonds is 9. The van der Waals surface area contributed by atoms with E-state index < -0.39 is 0 Å². The summed E-state index contributed by atoms with van der Waals surface area (Å²) >= 11 is 0. The number of hydrogen-bond donors (Lipinski definition) is 0. The van der Waals surface area contributed by atoms with E-state index in [2.05, 4.69) is 23.8 Å². The Morgan fingerprint density at radius 1 is 1.05 bits per heavy atom. The van der Waals surface area contributed by atoms with Crippen molar-refractivity contribution in [3.8, 4) is 0 Å². The number of hydrogen-bond acceptors (Lipinski definition) is 3. The zero-order valence-electron chi connectivity index (χ0n) is 13.8. The van der Waals surface area contributed by atoms with E-state index in [9.17, 15) is 4.79 Å². The standard InChI is InChI=1S/C18H27N3O/c1-3-5-6-7-8-9-15-20(4-2)21-17(22)13-12-16-11-10-14-19-18(16)21/h10-14H,3-9,15H2,1-2H3. The third-order valence-electron chi connectivity index (χ3n) is 4.05. The summed E-state index contributed by atoms with van der Waals surface area (Å²) in [5, 5.41) is 3.11. The fraction of sp³-hybridized carbons (Fsp3) is 0.556. The molecule has 0 amide bonds. The highest BCUT2D eigenvalue weighted by atomic mass is 16.1. The molecule has 0 aliphatic carbocycles. The van der Waals surface area contributed by atoms with Crippen LogP contribution < -0.4 is 10.6 Å². The minimum atomic E-state index is -0.000895. The molecular formula is C18H27N3O. The van der Waals surface area contributed by atoms with Crippen LogP contribution in [0.3, 0.4) is 0 Å². The molecule has 0 unspecified atom stereocenters. The maximum absolute atomic E-state index is 12.3. The fourth-order valence-corrected chi connectivity index (χ4v) is 2.80. The smallest absolute Gasteiger partial charge is 0.270 e. The zero-order chi connectivity index (χ0) is 15.8. The summed E-state index contributed by atoms with van der Waals surface area (Å²) in [6.45, 7) is 6.03. The van der Waals surface area contributed by atoms with Crippen LogP contribution in [0.15, 0.2) is 35.3 Å². The highest BCUT2D eigenvalue weighted by Crippen LogP contribution is 2.10. The Hall–Kier alpha value is -1.84.